The number of methoxy groups -OCH3 is 2. The standard InChI is InChI=1S/C19H23N3O5.ClH/c1-12(23)21-16-10-13(11-17(25-2)18(16)26-3)19(24)22-14-4-6-15(7-5-14)27-9-8-20;/h4-7,10-11H,8-9,20H2,1-3H3,(H,21,23)(H,22,24);1H. The Hall–Kier alpha value is -2.97. The third-order valence-electron chi connectivity index (χ3n) is 3.55. The molecule has 0 aromatic heterocycles. The van der Waals surface area contributed by atoms with Gasteiger partial charge in [0, 0.05) is 24.7 Å². The molecular weight excluding hydrogens is 386 g/mol. The van der Waals surface area contributed by atoms with Crippen LogP contribution in [0.25, 0.3) is 0 Å². The average Bonchev–Trinajstić information content (AvgIpc) is 2.66. The molecule has 0 fully saturated rings. The second-order valence-electron chi connectivity index (χ2n) is 5.56. The molecule has 0 aliphatic heterocycles. The molecule has 9 heteroatoms. The summed E-state index contributed by atoms with van der Waals surface area (Å²) in [5.74, 6) is 0.682. The number of hydrogen-bond acceptors (Lipinski definition) is 6. The van der Waals surface area contributed by atoms with Gasteiger partial charge in [-0.3, -0.25) is 9.59 Å². The van der Waals surface area contributed by atoms with Crippen LogP contribution >= 0.6 is 12.4 Å². The fraction of sp³-hybridized carbons (Fsp3) is 0.263. The second-order valence-corrected chi connectivity index (χ2v) is 5.56. The van der Waals surface area contributed by atoms with Crippen LogP contribution in [0.4, 0.5) is 11.4 Å². The molecule has 0 bridgehead atoms. The SMILES string of the molecule is COc1cc(C(=O)Nc2ccc(OCCN)cc2)cc(NC(C)=O)c1OC.Cl. The molecule has 0 unspecified atom stereocenters. The highest BCUT2D eigenvalue weighted by Crippen LogP contribution is 2.36. The summed E-state index contributed by atoms with van der Waals surface area (Å²) in [6.07, 6.45) is 0. The van der Waals surface area contributed by atoms with Crippen molar-refractivity contribution < 1.29 is 23.8 Å². The number of hydrogen-bond donors (Lipinski definition) is 3. The van der Waals surface area contributed by atoms with E-state index in [1.807, 2.05) is 0 Å². The third kappa shape index (κ3) is 6.04. The summed E-state index contributed by atoms with van der Waals surface area (Å²) in [5.41, 5.74) is 6.64. The number of carbonyl (C=O) groups is 2. The van der Waals surface area contributed by atoms with E-state index >= 15 is 0 Å². The Morgan fingerprint density at radius 2 is 1.71 bits per heavy atom. The highest BCUT2D eigenvalue weighted by molar-refractivity contribution is 6.06. The molecule has 0 aliphatic rings. The maximum absolute atomic E-state index is 12.6. The first kappa shape index (κ1) is 23.1. The molecule has 0 aliphatic carbocycles. The highest BCUT2D eigenvalue weighted by Gasteiger charge is 2.17. The third-order valence-corrected chi connectivity index (χ3v) is 3.55. The van der Waals surface area contributed by atoms with Crippen LogP contribution in [0, 0.1) is 0 Å². The van der Waals surface area contributed by atoms with E-state index < -0.39 is 0 Å². The number of amides is 2. The lowest BCUT2D eigenvalue weighted by molar-refractivity contribution is -0.114. The minimum Gasteiger partial charge on any atom is -0.493 e. The predicted octanol–water partition coefficient (Wildman–Crippen LogP) is 2.67. The first-order valence-electron chi connectivity index (χ1n) is 8.26. The van der Waals surface area contributed by atoms with Crippen molar-refractivity contribution >= 4 is 35.6 Å². The summed E-state index contributed by atoms with van der Waals surface area (Å²) in [6.45, 7) is 2.21. The van der Waals surface area contributed by atoms with Crippen LogP contribution < -0.4 is 30.6 Å². The predicted molar refractivity (Wildman–Crippen MR) is 110 cm³/mol. The lowest BCUT2D eigenvalue weighted by atomic mass is 10.1. The van der Waals surface area contributed by atoms with Crippen LogP contribution in [-0.4, -0.2) is 39.2 Å². The topological polar surface area (TPSA) is 112 Å². The zero-order valence-electron chi connectivity index (χ0n) is 15.9. The van der Waals surface area contributed by atoms with E-state index in [1.165, 1.54) is 33.3 Å². The lowest BCUT2D eigenvalue weighted by Gasteiger charge is -2.15. The minimum absolute atomic E-state index is 0. The molecule has 0 spiro atoms. The van der Waals surface area contributed by atoms with Crippen LogP contribution in [0.2, 0.25) is 0 Å². The molecule has 2 amide bonds. The normalized spacial score (nSPS) is 9.71. The molecular formula is C19H24ClN3O5. The molecule has 8 nitrogen and oxygen atoms in total. The van der Waals surface area contributed by atoms with Crippen LogP contribution in [0.3, 0.4) is 0 Å². The quantitative estimate of drug-likeness (QED) is 0.618. The number of anilines is 2. The number of carbonyl (C=O) groups excluding carboxylic acids is 2. The lowest BCUT2D eigenvalue weighted by Crippen LogP contribution is -2.14. The molecule has 2 rings (SSSR count). The maximum atomic E-state index is 12.6. The Balaban J connectivity index is 0.00000392. The van der Waals surface area contributed by atoms with Gasteiger partial charge >= 0.3 is 0 Å². The average molecular weight is 410 g/mol. The van der Waals surface area contributed by atoms with E-state index in [2.05, 4.69) is 10.6 Å². The largest absolute Gasteiger partial charge is 0.493 e. The summed E-state index contributed by atoms with van der Waals surface area (Å²) in [4.78, 5) is 24.0. The molecule has 2 aromatic rings. The van der Waals surface area contributed by atoms with Crippen molar-refractivity contribution in [2.45, 2.75) is 6.92 Å². The van der Waals surface area contributed by atoms with Gasteiger partial charge < -0.3 is 30.6 Å². The molecule has 0 saturated heterocycles. The van der Waals surface area contributed by atoms with Gasteiger partial charge in [-0.1, -0.05) is 0 Å². The van der Waals surface area contributed by atoms with Gasteiger partial charge in [0.1, 0.15) is 12.4 Å². The molecule has 152 valence electrons. The Morgan fingerprint density at radius 3 is 2.25 bits per heavy atom. The van der Waals surface area contributed by atoms with E-state index in [-0.39, 0.29) is 24.2 Å². The molecule has 0 atom stereocenters. The van der Waals surface area contributed by atoms with Crippen LogP contribution in [-0.2, 0) is 4.79 Å². The molecule has 0 saturated carbocycles. The van der Waals surface area contributed by atoms with E-state index in [0.29, 0.717) is 47.3 Å². The van der Waals surface area contributed by atoms with Crippen molar-refractivity contribution in [3.05, 3.63) is 42.0 Å². The number of halogens is 1. The van der Waals surface area contributed by atoms with Gasteiger partial charge in [0.15, 0.2) is 11.5 Å². The van der Waals surface area contributed by atoms with Crippen molar-refractivity contribution in [1.29, 1.82) is 0 Å². The van der Waals surface area contributed by atoms with E-state index in [1.54, 1.807) is 24.3 Å². The van der Waals surface area contributed by atoms with Crippen molar-refractivity contribution in [3.8, 4) is 17.2 Å². The smallest absolute Gasteiger partial charge is 0.255 e. The Labute approximate surface area is 169 Å². The number of rotatable bonds is 8. The first-order valence-corrected chi connectivity index (χ1v) is 8.26. The number of nitrogens with one attached hydrogen (secondary N) is 2. The summed E-state index contributed by atoms with van der Waals surface area (Å²) >= 11 is 0. The molecule has 28 heavy (non-hydrogen) atoms. The van der Waals surface area contributed by atoms with E-state index in [0.717, 1.165) is 0 Å². The second kappa shape index (κ2) is 11.0. The van der Waals surface area contributed by atoms with Crippen molar-refractivity contribution in [2.75, 3.05) is 38.0 Å². The molecule has 4 N–H and O–H groups in total. The van der Waals surface area contributed by atoms with Gasteiger partial charge in [0.25, 0.3) is 5.91 Å². The van der Waals surface area contributed by atoms with E-state index in [9.17, 15) is 9.59 Å². The Morgan fingerprint density at radius 1 is 1.04 bits per heavy atom. The Bertz CT molecular complexity index is 812. The Kier molecular flexibility index (Phi) is 9.07. The van der Waals surface area contributed by atoms with E-state index in [4.69, 9.17) is 19.9 Å². The molecule has 0 radical (unpaired) electrons. The summed E-state index contributed by atoms with van der Waals surface area (Å²) in [7, 11) is 2.91. The van der Waals surface area contributed by atoms with Crippen molar-refractivity contribution in [2.24, 2.45) is 5.73 Å². The van der Waals surface area contributed by atoms with Crippen LogP contribution in [0.15, 0.2) is 36.4 Å². The first-order chi connectivity index (χ1) is 13.0. The van der Waals surface area contributed by atoms with Gasteiger partial charge in [-0.2, -0.15) is 0 Å². The van der Waals surface area contributed by atoms with Crippen molar-refractivity contribution in [3.63, 3.8) is 0 Å². The van der Waals surface area contributed by atoms with Gasteiger partial charge in [-0.05, 0) is 36.4 Å². The highest BCUT2D eigenvalue weighted by atomic mass is 35.5. The van der Waals surface area contributed by atoms with Crippen LogP contribution in [0.5, 0.6) is 17.2 Å². The van der Waals surface area contributed by atoms with Crippen LogP contribution in [0.1, 0.15) is 17.3 Å². The van der Waals surface area contributed by atoms with Gasteiger partial charge in [0.05, 0.1) is 19.9 Å². The number of nitrogens with two attached hydrogens (primary N) is 1. The zero-order chi connectivity index (χ0) is 19.8. The van der Waals surface area contributed by atoms with Gasteiger partial charge in [0.2, 0.25) is 5.91 Å². The number of benzene rings is 2. The summed E-state index contributed by atoms with van der Waals surface area (Å²) in [5, 5.41) is 5.42. The summed E-state index contributed by atoms with van der Waals surface area (Å²) < 4.78 is 15.9. The minimum atomic E-state index is -0.363. The monoisotopic (exact) mass is 409 g/mol. The summed E-state index contributed by atoms with van der Waals surface area (Å²) in [6, 6.07) is 9.98. The fourth-order valence-corrected chi connectivity index (χ4v) is 2.39. The molecule has 2 aromatic carbocycles. The van der Waals surface area contributed by atoms with Gasteiger partial charge in [-0.15, -0.1) is 12.4 Å². The maximum Gasteiger partial charge on any atom is 0.255 e. The fourth-order valence-electron chi connectivity index (χ4n) is 2.39. The van der Waals surface area contributed by atoms with Crippen molar-refractivity contribution in [1.82, 2.24) is 0 Å². The van der Waals surface area contributed by atoms with Gasteiger partial charge in [-0.25, -0.2) is 0 Å². The molecule has 0 heterocycles. The zero-order valence-corrected chi connectivity index (χ0v) is 16.7. The number of ether oxygens (including phenoxy) is 3.